The fourth-order valence-corrected chi connectivity index (χ4v) is 1.74. The van der Waals surface area contributed by atoms with Gasteiger partial charge in [0.25, 0.3) is 11.5 Å². The summed E-state index contributed by atoms with van der Waals surface area (Å²) in [6.07, 6.45) is 3.02. The van der Waals surface area contributed by atoms with Crippen LogP contribution in [0.1, 0.15) is 37.0 Å². The van der Waals surface area contributed by atoms with Crippen molar-refractivity contribution in [3.8, 4) is 0 Å². The Labute approximate surface area is 106 Å². The predicted molar refractivity (Wildman–Crippen MR) is 69.5 cm³/mol. The van der Waals surface area contributed by atoms with Crippen molar-refractivity contribution in [3.05, 3.63) is 34.2 Å². The third kappa shape index (κ3) is 3.20. The van der Waals surface area contributed by atoms with Gasteiger partial charge >= 0.3 is 0 Å². The minimum Gasteiger partial charge on any atom is -0.396 e. The third-order valence-corrected chi connectivity index (χ3v) is 3.52. The van der Waals surface area contributed by atoms with E-state index in [1.807, 2.05) is 13.8 Å². The van der Waals surface area contributed by atoms with Gasteiger partial charge in [-0.2, -0.15) is 0 Å². The van der Waals surface area contributed by atoms with E-state index in [-0.39, 0.29) is 17.6 Å². The molecule has 100 valence electrons. The number of aromatic amines is 1. The highest BCUT2D eigenvalue weighted by molar-refractivity contribution is 5.93. The number of amides is 1. The lowest BCUT2D eigenvalue weighted by atomic mass is 9.83. The summed E-state index contributed by atoms with van der Waals surface area (Å²) in [4.78, 5) is 25.7. The molecule has 1 aromatic rings. The van der Waals surface area contributed by atoms with Crippen LogP contribution >= 0.6 is 0 Å². The molecule has 0 unspecified atom stereocenters. The van der Waals surface area contributed by atoms with Crippen LogP contribution in [-0.2, 0) is 0 Å². The Morgan fingerprint density at radius 2 is 2.11 bits per heavy atom. The normalized spacial score (nSPS) is 11.3. The molecule has 0 atom stereocenters. The van der Waals surface area contributed by atoms with Crippen molar-refractivity contribution >= 4 is 5.91 Å². The number of aliphatic hydroxyl groups is 1. The summed E-state index contributed by atoms with van der Waals surface area (Å²) >= 11 is 0. The highest BCUT2D eigenvalue weighted by Crippen LogP contribution is 2.24. The Bertz CT molecular complexity index is 441. The molecule has 1 aromatic heterocycles. The molecule has 0 spiro atoms. The van der Waals surface area contributed by atoms with Gasteiger partial charge in [-0.1, -0.05) is 13.8 Å². The Balaban J connectivity index is 2.72. The summed E-state index contributed by atoms with van der Waals surface area (Å²) in [6, 6.07) is 3.09. The number of H-pyrrole nitrogens is 1. The van der Waals surface area contributed by atoms with E-state index >= 15 is 0 Å². The van der Waals surface area contributed by atoms with E-state index < -0.39 is 11.5 Å². The molecule has 5 heteroatoms. The molecule has 0 aliphatic carbocycles. The van der Waals surface area contributed by atoms with Crippen LogP contribution in [0.4, 0.5) is 0 Å². The number of hydrogen-bond donors (Lipinski definition) is 3. The van der Waals surface area contributed by atoms with Gasteiger partial charge in [-0.15, -0.1) is 0 Å². The Morgan fingerprint density at radius 1 is 1.44 bits per heavy atom. The summed E-state index contributed by atoms with van der Waals surface area (Å²) < 4.78 is 0. The second kappa shape index (κ2) is 6.35. The third-order valence-electron chi connectivity index (χ3n) is 3.52. The van der Waals surface area contributed by atoms with Crippen LogP contribution in [0.15, 0.2) is 23.1 Å². The highest BCUT2D eigenvalue weighted by atomic mass is 16.3. The van der Waals surface area contributed by atoms with Crippen LogP contribution in [0.5, 0.6) is 0 Å². The number of carbonyl (C=O) groups excluding carboxylic acids is 1. The molecule has 0 aromatic carbocycles. The van der Waals surface area contributed by atoms with Gasteiger partial charge in [0.15, 0.2) is 0 Å². The van der Waals surface area contributed by atoms with Crippen LogP contribution in [-0.4, -0.2) is 29.1 Å². The zero-order valence-electron chi connectivity index (χ0n) is 10.8. The van der Waals surface area contributed by atoms with Crippen LogP contribution in [0.25, 0.3) is 0 Å². The number of carbonyl (C=O) groups is 1. The molecule has 0 bridgehead atoms. The zero-order valence-corrected chi connectivity index (χ0v) is 10.8. The fraction of sp³-hybridized carbons (Fsp3) is 0.538. The summed E-state index contributed by atoms with van der Waals surface area (Å²) in [6.45, 7) is 4.33. The van der Waals surface area contributed by atoms with Gasteiger partial charge in [-0.25, -0.2) is 0 Å². The van der Waals surface area contributed by atoms with E-state index in [4.69, 9.17) is 0 Å². The molecular formula is C13H20N2O3. The van der Waals surface area contributed by atoms with Crippen LogP contribution in [0.3, 0.4) is 0 Å². The number of rotatable bonds is 6. The van der Waals surface area contributed by atoms with Crippen molar-refractivity contribution in [2.45, 2.75) is 26.7 Å². The van der Waals surface area contributed by atoms with Crippen molar-refractivity contribution in [1.29, 1.82) is 0 Å². The molecule has 0 aliphatic heterocycles. The van der Waals surface area contributed by atoms with Gasteiger partial charge in [0.2, 0.25) is 0 Å². The second-order valence-corrected chi connectivity index (χ2v) is 4.46. The van der Waals surface area contributed by atoms with Crippen LogP contribution in [0.2, 0.25) is 0 Å². The molecule has 1 rings (SSSR count). The monoisotopic (exact) mass is 252 g/mol. The number of pyridine rings is 1. The molecule has 0 fully saturated rings. The van der Waals surface area contributed by atoms with Crippen molar-refractivity contribution < 1.29 is 9.90 Å². The SMILES string of the molecule is CCC(CC)(CO)CNC(=O)c1ccc[nH]c1=O. The molecule has 18 heavy (non-hydrogen) atoms. The molecule has 0 radical (unpaired) electrons. The summed E-state index contributed by atoms with van der Waals surface area (Å²) in [5.74, 6) is -0.406. The first kappa shape index (κ1) is 14.4. The smallest absolute Gasteiger partial charge is 0.260 e. The minimum atomic E-state index is -0.406. The molecule has 0 aliphatic rings. The average molecular weight is 252 g/mol. The van der Waals surface area contributed by atoms with E-state index in [0.717, 1.165) is 12.8 Å². The largest absolute Gasteiger partial charge is 0.396 e. The molecule has 1 amide bonds. The number of nitrogens with one attached hydrogen (secondary N) is 2. The first-order chi connectivity index (χ1) is 8.58. The van der Waals surface area contributed by atoms with Gasteiger partial charge in [-0.3, -0.25) is 9.59 Å². The average Bonchev–Trinajstić information content (AvgIpc) is 2.41. The van der Waals surface area contributed by atoms with Crippen LogP contribution in [0, 0.1) is 5.41 Å². The van der Waals surface area contributed by atoms with Crippen LogP contribution < -0.4 is 10.9 Å². The Hall–Kier alpha value is -1.62. The van der Waals surface area contributed by atoms with E-state index in [1.54, 1.807) is 6.07 Å². The maximum atomic E-state index is 11.8. The lowest BCUT2D eigenvalue weighted by molar-refractivity contribution is 0.0850. The quantitative estimate of drug-likeness (QED) is 0.703. The van der Waals surface area contributed by atoms with Crippen molar-refractivity contribution in [2.75, 3.05) is 13.2 Å². The molecule has 0 saturated heterocycles. The zero-order chi connectivity index (χ0) is 13.6. The van der Waals surface area contributed by atoms with Crippen molar-refractivity contribution in [1.82, 2.24) is 10.3 Å². The van der Waals surface area contributed by atoms with Gasteiger partial charge < -0.3 is 15.4 Å². The number of aromatic nitrogens is 1. The van der Waals surface area contributed by atoms with Gasteiger partial charge in [0, 0.05) is 18.2 Å². The van der Waals surface area contributed by atoms with E-state index in [1.165, 1.54) is 12.3 Å². The predicted octanol–water partition coefficient (Wildman–Crippen LogP) is 0.903. The van der Waals surface area contributed by atoms with Crippen molar-refractivity contribution in [3.63, 3.8) is 0 Å². The Morgan fingerprint density at radius 3 is 2.61 bits per heavy atom. The first-order valence-electron chi connectivity index (χ1n) is 6.15. The molecule has 5 nitrogen and oxygen atoms in total. The molecule has 0 saturated carbocycles. The molecule has 3 N–H and O–H groups in total. The van der Waals surface area contributed by atoms with Gasteiger partial charge in [0.1, 0.15) is 5.56 Å². The molecular weight excluding hydrogens is 232 g/mol. The first-order valence-corrected chi connectivity index (χ1v) is 6.15. The summed E-state index contributed by atoms with van der Waals surface area (Å²) in [7, 11) is 0. The van der Waals surface area contributed by atoms with Crippen molar-refractivity contribution in [2.24, 2.45) is 5.41 Å². The lowest BCUT2D eigenvalue weighted by Gasteiger charge is -2.29. The summed E-state index contributed by atoms with van der Waals surface area (Å²) in [5.41, 5.74) is -0.619. The maximum absolute atomic E-state index is 11.8. The Kier molecular flexibility index (Phi) is 5.09. The van der Waals surface area contributed by atoms with E-state index in [0.29, 0.717) is 6.54 Å². The lowest BCUT2D eigenvalue weighted by Crippen LogP contribution is -2.40. The standard InChI is InChI=1S/C13H20N2O3/c1-3-13(4-2,9-16)8-15-12(18)10-6-5-7-14-11(10)17/h5-7,16H,3-4,8-9H2,1-2H3,(H,14,17)(H,15,18). The van der Waals surface area contributed by atoms with Gasteiger partial charge in [-0.05, 0) is 25.0 Å². The molecule has 1 heterocycles. The maximum Gasteiger partial charge on any atom is 0.260 e. The fourth-order valence-electron chi connectivity index (χ4n) is 1.74. The number of aliphatic hydroxyl groups excluding tert-OH is 1. The second-order valence-electron chi connectivity index (χ2n) is 4.46. The topological polar surface area (TPSA) is 82.2 Å². The highest BCUT2D eigenvalue weighted by Gasteiger charge is 2.26. The van der Waals surface area contributed by atoms with E-state index in [9.17, 15) is 14.7 Å². The summed E-state index contributed by atoms with van der Waals surface area (Å²) in [5, 5.41) is 12.1. The van der Waals surface area contributed by atoms with E-state index in [2.05, 4.69) is 10.3 Å². The number of hydrogen-bond acceptors (Lipinski definition) is 3. The van der Waals surface area contributed by atoms with Gasteiger partial charge in [0.05, 0.1) is 6.61 Å². The minimum absolute atomic E-state index is 0.0193.